The van der Waals surface area contributed by atoms with Crippen molar-refractivity contribution in [1.82, 2.24) is 5.32 Å². The molecule has 4 heteroatoms. The van der Waals surface area contributed by atoms with Gasteiger partial charge in [0.2, 0.25) is 0 Å². The summed E-state index contributed by atoms with van der Waals surface area (Å²) >= 11 is 5.91. The Morgan fingerprint density at radius 2 is 1.58 bits per heavy atom. The molecule has 2 aromatic carbocycles. The Morgan fingerprint density at radius 1 is 0.917 bits per heavy atom. The standard InChI is InChI=1S/C20H26ClNO2/c1-5-23-19-12-16(13-22-20(2,3)4)8-11-18(19)24-14-15-6-9-17(21)10-7-15/h6-12,22H,5,13-14H2,1-4H3. The molecule has 0 spiro atoms. The molecule has 0 atom stereocenters. The first kappa shape index (κ1) is 18.6. The fourth-order valence-corrected chi connectivity index (χ4v) is 2.28. The van der Waals surface area contributed by atoms with E-state index in [1.807, 2.05) is 43.3 Å². The first-order valence-electron chi connectivity index (χ1n) is 8.25. The maximum absolute atomic E-state index is 5.93. The molecular formula is C20H26ClNO2. The van der Waals surface area contributed by atoms with Crippen molar-refractivity contribution >= 4 is 11.6 Å². The third kappa shape index (κ3) is 6.06. The molecule has 2 rings (SSSR count). The highest BCUT2D eigenvalue weighted by Gasteiger charge is 2.11. The van der Waals surface area contributed by atoms with Gasteiger partial charge in [0.1, 0.15) is 6.61 Å². The van der Waals surface area contributed by atoms with Crippen molar-refractivity contribution in [3.63, 3.8) is 0 Å². The van der Waals surface area contributed by atoms with Crippen molar-refractivity contribution in [2.75, 3.05) is 6.61 Å². The van der Waals surface area contributed by atoms with Crippen LogP contribution in [0, 0.1) is 0 Å². The Labute approximate surface area is 149 Å². The van der Waals surface area contributed by atoms with Crippen molar-refractivity contribution < 1.29 is 9.47 Å². The second-order valence-corrected chi connectivity index (χ2v) is 7.17. The summed E-state index contributed by atoms with van der Waals surface area (Å²) < 4.78 is 11.7. The summed E-state index contributed by atoms with van der Waals surface area (Å²) in [4.78, 5) is 0. The van der Waals surface area contributed by atoms with E-state index in [1.54, 1.807) is 0 Å². The third-order valence-electron chi connectivity index (χ3n) is 3.44. The van der Waals surface area contributed by atoms with Crippen LogP contribution in [0.25, 0.3) is 0 Å². The third-order valence-corrected chi connectivity index (χ3v) is 3.69. The van der Waals surface area contributed by atoms with Gasteiger partial charge in [-0.1, -0.05) is 29.8 Å². The predicted octanol–water partition coefficient (Wildman–Crippen LogP) is 5.21. The number of hydrogen-bond donors (Lipinski definition) is 1. The van der Waals surface area contributed by atoms with Crippen LogP contribution in [0.15, 0.2) is 42.5 Å². The van der Waals surface area contributed by atoms with Crippen LogP contribution in [0.2, 0.25) is 5.02 Å². The quantitative estimate of drug-likeness (QED) is 0.746. The van der Waals surface area contributed by atoms with E-state index in [4.69, 9.17) is 21.1 Å². The van der Waals surface area contributed by atoms with Crippen molar-refractivity contribution in [1.29, 1.82) is 0 Å². The van der Waals surface area contributed by atoms with E-state index in [1.165, 1.54) is 5.56 Å². The number of benzene rings is 2. The van der Waals surface area contributed by atoms with E-state index in [0.717, 1.165) is 28.6 Å². The van der Waals surface area contributed by atoms with Gasteiger partial charge in [-0.15, -0.1) is 0 Å². The monoisotopic (exact) mass is 347 g/mol. The second kappa shape index (κ2) is 8.41. The molecule has 0 aliphatic carbocycles. The van der Waals surface area contributed by atoms with E-state index < -0.39 is 0 Å². The number of halogens is 1. The number of hydrogen-bond acceptors (Lipinski definition) is 3. The van der Waals surface area contributed by atoms with Gasteiger partial charge in [0.15, 0.2) is 11.5 Å². The van der Waals surface area contributed by atoms with Gasteiger partial charge in [-0.3, -0.25) is 0 Å². The molecule has 0 aliphatic rings. The molecule has 0 radical (unpaired) electrons. The second-order valence-electron chi connectivity index (χ2n) is 6.73. The van der Waals surface area contributed by atoms with Crippen LogP contribution in [0.1, 0.15) is 38.8 Å². The van der Waals surface area contributed by atoms with Gasteiger partial charge in [0, 0.05) is 17.1 Å². The van der Waals surface area contributed by atoms with Crippen LogP contribution in [0.5, 0.6) is 11.5 Å². The minimum Gasteiger partial charge on any atom is -0.490 e. The Kier molecular flexibility index (Phi) is 6.52. The summed E-state index contributed by atoms with van der Waals surface area (Å²) in [7, 11) is 0. The smallest absolute Gasteiger partial charge is 0.161 e. The van der Waals surface area contributed by atoms with Gasteiger partial charge >= 0.3 is 0 Å². The Morgan fingerprint density at radius 3 is 2.21 bits per heavy atom. The molecule has 0 fully saturated rings. The van der Waals surface area contributed by atoms with E-state index in [9.17, 15) is 0 Å². The lowest BCUT2D eigenvalue weighted by atomic mass is 10.1. The molecule has 24 heavy (non-hydrogen) atoms. The summed E-state index contributed by atoms with van der Waals surface area (Å²) in [6.45, 7) is 10.3. The highest BCUT2D eigenvalue weighted by atomic mass is 35.5. The van der Waals surface area contributed by atoms with E-state index in [-0.39, 0.29) is 5.54 Å². The maximum Gasteiger partial charge on any atom is 0.161 e. The lowest BCUT2D eigenvalue weighted by molar-refractivity contribution is 0.269. The molecule has 2 aromatic rings. The lowest BCUT2D eigenvalue weighted by Gasteiger charge is -2.21. The topological polar surface area (TPSA) is 30.5 Å². The van der Waals surface area contributed by atoms with Crippen LogP contribution in [-0.2, 0) is 13.2 Å². The molecule has 0 unspecified atom stereocenters. The average molecular weight is 348 g/mol. The van der Waals surface area contributed by atoms with Crippen LogP contribution < -0.4 is 14.8 Å². The molecule has 0 saturated carbocycles. The summed E-state index contributed by atoms with van der Waals surface area (Å²) in [6, 6.07) is 13.7. The van der Waals surface area contributed by atoms with Crippen molar-refractivity contribution in [2.45, 2.75) is 46.4 Å². The zero-order valence-corrected chi connectivity index (χ0v) is 15.6. The molecule has 0 saturated heterocycles. The Bertz CT molecular complexity index is 648. The number of rotatable bonds is 7. The summed E-state index contributed by atoms with van der Waals surface area (Å²) in [5.41, 5.74) is 2.32. The Balaban J connectivity index is 2.06. The van der Waals surface area contributed by atoms with Crippen molar-refractivity contribution in [3.8, 4) is 11.5 Å². The SMILES string of the molecule is CCOc1cc(CNC(C)(C)C)ccc1OCc1ccc(Cl)cc1. The van der Waals surface area contributed by atoms with Gasteiger partial charge in [0.25, 0.3) is 0 Å². The van der Waals surface area contributed by atoms with Crippen LogP contribution in [0.3, 0.4) is 0 Å². The van der Waals surface area contributed by atoms with Gasteiger partial charge in [-0.2, -0.15) is 0 Å². The fraction of sp³-hybridized carbons (Fsp3) is 0.400. The molecule has 3 nitrogen and oxygen atoms in total. The minimum absolute atomic E-state index is 0.0789. The van der Waals surface area contributed by atoms with Crippen LogP contribution in [0.4, 0.5) is 0 Å². The summed E-state index contributed by atoms with van der Waals surface area (Å²) in [5.74, 6) is 1.53. The normalized spacial score (nSPS) is 11.4. The van der Waals surface area contributed by atoms with Gasteiger partial charge in [0.05, 0.1) is 6.61 Å². The lowest BCUT2D eigenvalue weighted by Crippen LogP contribution is -2.35. The van der Waals surface area contributed by atoms with Crippen LogP contribution >= 0.6 is 11.6 Å². The van der Waals surface area contributed by atoms with Crippen molar-refractivity contribution in [2.24, 2.45) is 0 Å². The average Bonchev–Trinajstić information content (AvgIpc) is 2.53. The maximum atomic E-state index is 5.93. The molecule has 0 amide bonds. The number of ether oxygens (including phenoxy) is 2. The fourth-order valence-electron chi connectivity index (χ4n) is 2.16. The van der Waals surface area contributed by atoms with Gasteiger partial charge in [-0.05, 0) is 63.1 Å². The largest absolute Gasteiger partial charge is 0.490 e. The van der Waals surface area contributed by atoms with E-state index in [0.29, 0.717) is 13.2 Å². The van der Waals surface area contributed by atoms with Crippen molar-refractivity contribution in [3.05, 3.63) is 58.6 Å². The first-order chi connectivity index (χ1) is 11.4. The predicted molar refractivity (Wildman–Crippen MR) is 100.0 cm³/mol. The summed E-state index contributed by atoms with van der Waals surface area (Å²) in [6.07, 6.45) is 0. The van der Waals surface area contributed by atoms with Gasteiger partial charge in [-0.25, -0.2) is 0 Å². The minimum atomic E-state index is 0.0789. The van der Waals surface area contributed by atoms with Crippen LogP contribution in [-0.4, -0.2) is 12.1 Å². The molecule has 0 bridgehead atoms. The van der Waals surface area contributed by atoms with Gasteiger partial charge < -0.3 is 14.8 Å². The zero-order valence-electron chi connectivity index (χ0n) is 14.9. The molecule has 1 N–H and O–H groups in total. The molecule has 0 aliphatic heterocycles. The molecule has 130 valence electrons. The summed E-state index contributed by atoms with van der Waals surface area (Å²) in [5, 5.41) is 4.21. The highest BCUT2D eigenvalue weighted by molar-refractivity contribution is 6.30. The molecule has 0 heterocycles. The Hall–Kier alpha value is -1.71. The highest BCUT2D eigenvalue weighted by Crippen LogP contribution is 2.29. The zero-order chi connectivity index (χ0) is 17.6. The molecular weight excluding hydrogens is 322 g/mol. The van der Waals surface area contributed by atoms with E-state index in [2.05, 4.69) is 32.2 Å². The number of nitrogens with one attached hydrogen (secondary N) is 1. The first-order valence-corrected chi connectivity index (χ1v) is 8.63. The van der Waals surface area contributed by atoms with E-state index >= 15 is 0 Å². The molecule has 0 aromatic heterocycles.